The first-order valence-corrected chi connectivity index (χ1v) is 14.7. The molecule has 12 nitrogen and oxygen atoms in total. The predicted octanol–water partition coefficient (Wildman–Crippen LogP) is 2.84. The van der Waals surface area contributed by atoms with Gasteiger partial charge in [-0.2, -0.15) is 4.98 Å². The SMILES string of the molecule is CS(=O)(=O)Nc1ccc(Cc2noc(Cc3ccc4[nH]cc(CN5CCCCC56OC(=O)C(=O)O6)c4c3)n2)cc1. The van der Waals surface area contributed by atoms with Gasteiger partial charge in [0.2, 0.25) is 15.9 Å². The number of likely N-dealkylation sites (tertiary alicyclic amines) is 1. The molecule has 1 spiro atoms. The third kappa shape index (κ3) is 5.42. The molecule has 0 radical (unpaired) electrons. The first-order chi connectivity index (χ1) is 19.2. The molecule has 13 heteroatoms. The van der Waals surface area contributed by atoms with Crippen molar-refractivity contribution in [3.63, 3.8) is 0 Å². The number of esters is 2. The van der Waals surface area contributed by atoms with Gasteiger partial charge in [0.25, 0.3) is 0 Å². The van der Waals surface area contributed by atoms with Crippen LogP contribution in [0.4, 0.5) is 5.69 Å². The van der Waals surface area contributed by atoms with Crippen LogP contribution in [-0.4, -0.2) is 59.1 Å². The number of H-pyrrole nitrogens is 1. The maximum Gasteiger partial charge on any atom is 0.421 e. The second kappa shape index (κ2) is 10.1. The number of nitrogens with zero attached hydrogens (tertiary/aromatic N) is 3. The van der Waals surface area contributed by atoms with Gasteiger partial charge in [-0.25, -0.2) is 22.9 Å². The largest absolute Gasteiger partial charge is 0.421 e. The van der Waals surface area contributed by atoms with Crippen molar-refractivity contribution in [2.24, 2.45) is 0 Å². The lowest BCUT2D eigenvalue weighted by atomic mass is 10.0. The summed E-state index contributed by atoms with van der Waals surface area (Å²) in [4.78, 5) is 33.3. The highest BCUT2D eigenvalue weighted by Crippen LogP contribution is 2.37. The molecule has 208 valence electrons. The van der Waals surface area contributed by atoms with Gasteiger partial charge in [-0.05, 0) is 53.8 Å². The van der Waals surface area contributed by atoms with Crippen molar-refractivity contribution in [3.05, 3.63) is 77.1 Å². The van der Waals surface area contributed by atoms with E-state index >= 15 is 0 Å². The van der Waals surface area contributed by atoms with E-state index < -0.39 is 27.9 Å². The van der Waals surface area contributed by atoms with Crippen molar-refractivity contribution in [2.45, 2.75) is 44.6 Å². The van der Waals surface area contributed by atoms with Crippen molar-refractivity contribution >= 4 is 38.6 Å². The minimum atomic E-state index is -3.33. The number of hydrogen-bond donors (Lipinski definition) is 2. The third-order valence-electron chi connectivity index (χ3n) is 7.00. The monoisotopic (exact) mass is 565 g/mol. The summed E-state index contributed by atoms with van der Waals surface area (Å²) in [6.45, 7) is 1.07. The Morgan fingerprint density at radius 3 is 2.52 bits per heavy atom. The molecule has 4 heterocycles. The zero-order chi connectivity index (χ0) is 27.9. The fourth-order valence-electron chi connectivity index (χ4n) is 5.17. The third-order valence-corrected chi connectivity index (χ3v) is 7.61. The number of rotatable bonds is 8. The van der Waals surface area contributed by atoms with Gasteiger partial charge in [0.05, 0.1) is 12.7 Å². The zero-order valence-corrected chi connectivity index (χ0v) is 22.5. The van der Waals surface area contributed by atoms with E-state index in [1.807, 2.05) is 35.4 Å². The van der Waals surface area contributed by atoms with Gasteiger partial charge in [0, 0.05) is 48.7 Å². The fraction of sp³-hybridized carbons (Fsp3) is 0.333. The minimum Gasteiger partial charge on any atom is -0.400 e. The molecule has 0 bridgehead atoms. The number of ether oxygens (including phenoxy) is 2. The summed E-state index contributed by atoms with van der Waals surface area (Å²) >= 11 is 0. The van der Waals surface area contributed by atoms with Crippen LogP contribution in [0.5, 0.6) is 0 Å². The van der Waals surface area contributed by atoms with Crippen LogP contribution < -0.4 is 4.72 Å². The summed E-state index contributed by atoms with van der Waals surface area (Å²) < 4.78 is 41.5. The van der Waals surface area contributed by atoms with Crippen LogP contribution in [0.25, 0.3) is 10.9 Å². The van der Waals surface area contributed by atoms with Gasteiger partial charge < -0.3 is 19.0 Å². The van der Waals surface area contributed by atoms with Gasteiger partial charge in [0.1, 0.15) is 0 Å². The number of piperidine rings is 1. The quantitative estimate of drug-likeness (QED) is 0.240. The number of carbonyl (C=O) groups excluding carboxylic acids is 2. The van der Waals surface area contributed by atoms with Gasteiger partial charge in [-0.1, -0.05) is 23.4 Å². The Morgan fingerprint density at radius 2 is 1.77 bits per heavy atom. The highest BCUT2D eigenvalue weighted by Gasteiger charge is 2.53. The predicted molar refractivity (Wildman–Crippen MR) is 142 cm³/mol. The highest BCUT2D eigenvalue weighted by atomic mass is 32.2. The number of anilines is 1. The van der Waals surface area contributed by atoms with E-state index in [1.54, 1.807) is 12.1 Å². The molecule has 0 aliphatic carbocycles. The smallest absolute Gasteiger partial charge is 0.400 e. The van der Waals surface area contributed by atoms with Crippen LogP contribution in [0.3, 0.4) is 0 Å². The lowest BCUT2D eigenvalue weighted by Crippen LogP contribution is -2.52. The van der Waals surface area contributed by atoms with E-state index in [2.05, 4.69) is 25.9 Å². The molecule has 2 aliphatic heterocycles. The van der Waals surface area contributed by atoms with Crippen molar-refractivity contribution in [3.8, 4) is 0 Å². The second-order valence-corrected chi connectivity index (χ2v) is 11.8. The Morgan fingerprint density at radius 1 is 1.02 bits per heavy atom. The van der Waals surface area contributed by atoms with E-state index in [0.717, 1.165) is 46.7 Å². The molecule has 2 aliphatic rings. The van der Waals surface area contributed by atoms with Gasteiger partial charge in [-0.3, -0.25) is 4.72 Å². The van der Waals surface area contributed by atoms with E-state index in [0.29, 0.717) is 49.8 Å². The summed E-state index contributed by atoms with van der Waals surface area (Å²) in [7, 11) is -3.33. The molecule has 2 aromatic carbocycles. The summed E-state index contributed by atoms with van der Waals surface area (Å²) in [5, 5.41) is 5.09. The van der Waals surface area contributed by atoms with Crippen LogP contribution >= 0.6 is 0 Å². The lowest BCUT2D eigenvalue weighted by Gasteiger charge is -2.40. The molecular weight excluding hydrogens is 538 g/mol. The summed E-state index contributed by atoms with van der Waals surface area (Å²) in [5.74, 6) is -2.24. The number of aromatic amines is 1. The number of hydrogen-bond acceptors (Lipinski definition) is 10. The molecular formula is C27H27N5O7S. The Hall–Kier alpha value is -4.23. The summed E-state index contributed by atoms with van der Waals surface area (Å²) in [5.41, 5.74) is 4.31. The van der Waals surface area contributed by atoms with Gasteiger partial charge in [-0.15, -0.1) is 0 Å². The van der Waals surface area contributed by atoms with Crippen LogP contribution in [0.2, 0.25) is 0 Å². The molecule has 4 aromatic rings. The number of fused-ring (bicyclic) bond motifs is 1. The molecule has 0 unspecified atom stereocenters. The Labute approximate surface area is 229 Å². The van der Waals surface area contributed by atoms with Crippen LogP contribution in [-0.2, 0) is 48.5 Å². The minimum absolute atomic E-state index is 0.438. The number of nitrogens with one attached hydrogen (secondary N) is 2. The summed E-state index contributed by atoms with van der Waals surface area (Å²) in [6, 6.07) is 13.0. The van der Waals surface area contributed by atoms with Crippen molar-refractivity contribution in [2.75, 3.05) is 17.5 Å². The molecule has 0 amide bonds. The van der Waals surface area contributed by atoms with E-state index in [9.17, 15) is 18.0 Å². The van der Waals surface area contributed by atoms with Crippen LogP contribution in [0, 0.1) is 0 Å². The Kier molecular flexibility index (Phi) is 6.55. The first-order valence-electron chi connectivity index (χ1n) is 12.8. The van der Waals surface area contributed by atoms with E-state index in [1.165, 1.54) is 0 Å². The molecule has 0 saturated carbocycles. The van der Waals surface area contributed by atoms with E-state index in [-0.39, 0.29) is 0 Å². The standard InChI is InChI=1S/C27H27N5O7S/c1-40(35,36)31-20-7-4-17(5-8-20)13-23-29-24(39-30-23)14-18-6-9-22-21(12-18)19(15-28-22)16-32-11-3-2-10-27(32)37-25(33)26(34)38-27/h4-9,12,15,28,31H,2-3,10-11,13-14,16H2,1H3. The zero-order valence-electron chi connectivity index (χ0n) is 21.7. The molecule has 2 aromatic heterocycles. The first kappa shape index (κ1) is 26.0. The van der Waals surface area contributed by atoms with E-state index in [4.69, 9.17) is 14.0 Å². The van der Waals surface area contributed by atoms with Crippen molar-refractivity contribution in [1.29, 1.82) is 0 Å². The number of carbonyl (C=O) groups is 2. The molecule has 0 atom stereocenters. The summed E-state index contributed by atoms with van der Waals surface area (Å²) in [6.07, 6.45) is 6.05. The molecule has 40 heavy (non-hydrogen) atoms. The second-order valence-electron chi connectivity index (χ2n) is 10.1. The molecule has 2 N–H and O–H groups in total. The van der Waals surface area contributed by atoms with Crippen LogP contribution in [0.1, 0.15) is 47.7 Å². The maximum atomic E-state index is 11.8. The van der Waals surface area contributed by atoms with Gasteiger partial charge >= 0.3 is 17.8 Å². The lowest BCUT2D eigenvalue weighted by molar-refractivity contribution is -0.266. The molecule has 2 saturated heterocycles. The topological polar surface area (TPSA) is 157 Å². The maximum absolute atomic E-state index is 11.8. The average molecular weight is 566 g/mol. The Balaban J connectivity index is 1.15. The van der Waals surface area contributed by atoms with Crippen LogP contribution in [0.15, 0.2) is 53.2 Å². The van der Waals surface area contributed by atoms with Gasteiger partial charge in [0.15, 0.2) is 5.82 Å². The normalized spacial score (nSPS) is 17.3. The number of aromatic nitrogens is 3. The average Bonchev–Trinajstić information content (AvgIpc) is 3.59. The Bertz CT molecular complexity index is 1680. The fourth-order valence-corrected chi connectivity index (χ4v) is 5.74. The molecule has 6 rings (SSSR count). The van der Waals surface area contributed by atoms with Crippen molar-refractivity contribution < 1.29 is 32.0 Å². The molecule has 2 fully saturated rings. The highest BCUT2D eigenvalue weighted by molar-refractivity contribution is 7.92. The number of benzene rings is 2. The van der Waals surface area contributed by atoms with Crippen molar-refractivity contribution in [1.82, 2.24) is 20.0 Å². The number of sulfonamides is 1.